The van der Waals surface area contributed by atoms with Crippen molar-refractivity contribution in [2.24, 2.45) is 0 Å². The van der Waals surface area contributed by atoms with Gasteiger partial charge in [0.2, 0.25) is 5.91 Å². The highest BCUT2D eigenvalue weighted by Gasteiger charge is 2.37. The molecule has 128 valence electrons. The summed E-state index contributed by atoms with van der Waals surface area (Å²) in [4.78, 5) is 13.5. The minimum Gasteiger partial charge on any atom is -0.311 e. The van der Waals surface area contributed by atoms with Crippen LogP contribution in [0.25, 0.3) is 0 Å². The van der Waals surface area contributed by atoms with Crippen molar-refractivity contribution < 1.29 is 13.2 Å². The zero-order valence-electron chi connectivity index (χ0n) is 13.6. The van der Waals surface area contributed by atoms with E-state index in [4.69, 9.17) is 0 Å². The molecule has 0 spiro atoms. The number of carbonyl (C=O) groups is 1. The normalized spacial score (nSPS) is 25.5. The molecule has 1 fully saturated rings. The molecule has 2 atom stereocenters. The highest BCUT2D eigenvalue weighted by atomic mass is 32.2. The Balaban J connectivity index is 1.82. The summed E-state index contributed by atoms with van der Waals surface area (Å²) in [6.07, 6.45) is 0.957. The zero-order chi connectivity index (χ0) is 17.1. The number of aromatic nitrogens is 2. The van der Waals surface area contributed by atoms with Crippen LogP contribution in [0.15, 0.2) is 11.4 Å². The number of nitrogens with one attached hydrogen (secondary N) is 1. The Kier molecular flexibility index (Phi) is 3.58. The molecule has 0 aliphatic carbocycles. The van der Waals surface area contributed by atoms with Gasteiger partial charge in [-0.1, -0.05) is 0 Å². The summed E-state index contributed by atoms with van der Waals surface area (Å²) in [5.41, 5.74) is 3.08. The standard InChI is InChI=1S/C16H19N3O3S2/c1-9-3-5-23-15(9)12-7-13(20)17-16-14(12)10(2)18-19(16)11-4-6-24(21,22)8-11/h3,5,11-12H,4,6-8H2,1-2H3,(H,17,20)/t11-,12-/m1/s1. The second-order valence-electron chi connectivity index (χ2n) is 6.62. The summed E-state index contributed by atoms with van der Waals surface area (Å²) in [6, 6.07) is 1.87. The largest absolute Gasteiger partial charge is 0.311 e. The summed E-state index contributed by atoms with van der Waals surface area (Å²) in [5.74, 6) is 0.928. The van der Waals surface area contributed by atoms with Gasteiger partial charge in [0.05, 0.1) is 23.2 Å². The van der Waals surface area contributed by atoms with Gasteiger partial charge in [-0.2, -0.15) is 5.10 Å². The molecule has 8 heteroatoms. The topological polar surface area (TPSA) is 81.1 Å². The maximum absolute atomic E-state index is 12.3. The van der Waals surface area contributed by atoms with Crippen molar-refractivity contribution in [2.75, 3.05) is 16.8 Å². The van der Waals surface area contributed by atoms with Crippen molar-refractivity contribution >= 4 is 32.9 Å². The number of thiophene rings is 1. The lowest BCUT2D eigenvalue weighted by atomic mass is 9.89. The van der Waals surface area contributed by atoms with Gasteiger partial charge in [0, 0.05) is 22.8 Å². The third-order valence-electron chi connectivity index (χ3n) is 4.90. The molecule has 1 saturated heterocycles. The van der Waals surface area contributed by atoms with Gasteiger partial charge in [-0.15, -0.1) is 11.3 Å². The summed E-state index contributed by atoms with van der Waals surface area (Å²) in [5, 5.41) is 9.58. The lowest BCUT2D eigenvalue weighted by molar-refractivity contribution is -0.116. The first-order valence-electron chi connectivity index (χ1n) is 7.99. The summed E-state index contributed by atoms with van der Waals surface area (Å²) in [7, 11) is -3.01. The Hall–Kier alpha value is -1.67. The molecule has 0 unspecified atom stereocenters. The zero-order valence-corrected chi connectivity index (χ0v) is 15.2. The fraction of sp³-hybridized carbons (Fsp3) is 0.500. The second-order valence-corrected chi connectivity index (χ2v) is 9.80. The van der Waals surface area contributed by atoms with Crippen LogP contribution in [0, 0.1) is 13.8 Å². The number of sulfone groups is 1. The van der Waals surface area contributed by atoms with Gasteiger partial charge in [0.15, 0.2) is 9.84 Å². The molecule has 2 aliphatic heterocycles. The molecule has 1 amide bonds. The number of hydrogen-bond donors (Lipinski definition) is 1. The molecule has 4 rings (SSSR count). The Morgan fingerprint density at radius 1 is 1.38 bits per heavy atom. The maximum atomic E-state index is 12.3. The molecular weight excluding hydrogens is 346 g/mol. The third kappa shape index (κ3) is 2.48. The number of fused-ring (bicyclic) bond motifs is 1. The first kappa shape index (κ1) is 15.8. The molecule has 4 heterocycles. The fourth-order valence-corrected chi connectivity index (χ4v) is 6.50. The molecular formula is C16H19N3O3S2. The van der Waals surface area contributed by atoms with Crippen LogP contribution in [0.3, 0.4) is 0 Å². The highest BCUT2D eigenvalue weighted by Crippen LogP contribution is 2.43. The van der Waals surface area contributed by atoms with Crippen molar-refractivity contribution in [3.63, 3.8) is 0 Å². The first-order valence-corrected chi connectivity index (χ1v) is 10.7. The van der Waals surface area contributed by atoms with Gasteiger partial charge in [0.1, 0.15) is 5.82 Å². The van der Waals surface area contributed by atoms with Gasteiger partial charge in [-0.25, -0.2) is 13.1 Å². The first-order chi connectivity index (χ1) is 11.4. The number of carbonyl (C=O) groups excluding carboxylic acids is 1. The molecule has 2 aliphatic rings. The average molecular weight is 365 g/mol. The van der Waals surface area contributed by atoms with E-state index in [1.165, 1.54) is 10.4 Å². The Labute approximate surface area is 144 Å². The number of anilines is 1. The van der Waals surface area contributed by atoms with Crippen LogP contribution >= 0.6 is 11.3 Å². The van der Waals surface area contributed by atoms with Crippen molar-refractivity contribution in [1.29, 1.82) is 0 Å². The molecule has 0 radical (unpaired) electrons. The van der Waals surface area contributed by atoms with E-state index in [9.17, 15) is 13.2 Å². The van der Waals surface area contributed by atoms with E-state index >= 15 is 0 Å². The SMILES string of the molecule is Cc1ccsc1[C@@H]1CC(=O)Nc2c1c(C)nn2[C@@H]1CCS(=O)(=O)C1. The predicted octanol–water partition coefficient (Wildman–Crippen LogP) is 2.40. The highest BCUT2D eigenvalue weighted by molar-refractivity contribution is 7.91. The predicted molar refractivity (Wildman–Crippen MR) is 93.4 cm³/mol. The molecule has 24 heavy (non-hydrogen) atoms. The van der Waals surface area contributed by atoms with Gasteiger partial charge in [-0.3, -0.25) is 4.79 Å². The minimum absolute atomic E-state index is 0.000472. The van der Waals surface area contributed by atoms with E-state index in [0.29, 0.717) is 18.7 Å². The smallest absolute Gasteiger partial charge is 0.226 e. The van der Waals surface area contributed by atoms with E-state index in [1.54, 1.807) is 16.0 Å². The van der Waals surface area contributed by atoms with E-state index in [-0.39, 0.29) is 29.4 Å². The summed E-state index contributed by atoms with van der Waals surface area (Å²) < 4.78 is 25.4. The number of rotatable bonds is 2. The van der Waals surface area contributed by atoms with Crippen LogP contribution < -0.4 is 5.32 Å². The van der Waals surface area contributed by atoms with Crippen LogP contribution in [-0.2, 0) is 14.6 Å². The van der Waals surface area contributed by atoms with Crippen LogP contribution in [0.1, 0.15) is 46.5 Å². The van der Waals surface area contributed by atoms with E-state index in [1.807, 2.05) is 12.3 Å². The van der Waals surface area contributed by atoms with Crippen molar-refractivity contribution in [2.45, 2.75) is 38.6 Å². The second kappa shape index (κ2) is 5.42. The number of hydrogen-bond acceptors (Lipinski definition) is 5. The van der Waals surface area contributed by atoms with E-state index in [2.05, 4.69) is 23.4 Å². The average Bonchev–Trinajstić information content (AvgIpc) is 3.16. The lowest BCUT2D eigenvalue weighted by Gasteiger charge is -2.25. The van der Waals surface area contributed by atoms with Crippen LogP contribution in [0.2, 0.25) is 0 Å². The van der Waals surface area contributed by atoms with Crippen LogP contribution in [0.4, 0.5) is 5.82 Å². The van der Waals surface area contributed by atoms with E-state index in [0.717, 1.165) is 11.3 Å². The Bertz CT molecular complexity index is 927. The van der Waals surface area contributed by atoms with Crippen LogP contribution in [-0.4, -0.2) is 35.6 Å². The molecule has 1 N–H and O–H groups in total. The summed E-state index contributed by atoms with van der Waals surface area (Å²) >= 11 is 1.66. The van der Waals surface area contributed by atoms with Gasteiger partial charge < -0.3 is 5.32 Å². The molecule has 0 aromatic carbocycles. The Morgan fingerprint density at radius 2 is 2.17 bits per heavy atom. The third-order valence-corrected chi connectivity index (χ3v) is 7.78. The van der Waals surface area contributed by atoms with Crippen molar-refractivity contribution in [3.05, 3.63) is 33.1 Å². The van der Waals surface area contributed by atoms with Crippen molar-refractivity contribution in [1.82, 2.24) is 9.78 Å². The molecule has 6 nitrogen and oxygen atoms in total. The summed E-state index contributed by atoms with van der Waals surface area (Å²) in [6.45, 7) is 3.99. The Morgan fingerprint density at radius 3 is 2.79 bits per heavy atom. The molecule has 2 aromatic heterocycles. The minimum atomic E-state index is -3.01. The quantitative estimate of drug-likeness (QED) is 0.886. The van der Waals surface area contributed by atoms with Gasteiger partial charge in [0.25, 0.3) is 0 Å². The van der Waals surface area contributed by atoms with Gasteiger partial charge in [-0.05, 0) is 37.3 Å². The fourth-order valence-electron chi connectivity index (χ4n) is 3.77. The van der Waals surface area contributed by atoms with Crippen LogP contribution in [0.5, 0.6) is 0 Å². The monoisotopic (exact) mass is 365 g/mol. The molecule has 0 saturated carbocycles. The van der Waals surface area contributed by atoms with Gasteiger partial charge >= 0.3 is 0 Å². The van der Waals surface area contributed by atoms with E-state index < -0.39 is 9.84 Å². The lowest BCUT2D eigenvalue weighted by Crippen LogP contribution is -2.26. The number of aryl methyl sites for hydroxylation is 2. The molecule has 0 bridgehead atoms. The van der Waals surface area contributed by atoms with Crippen molar-refractivity contribution in [3.8, 4) is 0 Å². The molecule has 2 aromatic rings. The maximum Gasteiger partial charge on any atom is 0.226 e. The number of nitrogens with zero attached hydrogens (tertiary/aromatic N) is 2. The number of amides is 1.